The summed E-state index contributed by atoms with van der Waals surface area (Å²) in [6, 6.07) is 16.0. The highest BCUT2D eigenvalue weighted by molar-refractivity contribution is 7.98. The van der Waals surface area contributed by atoms with E-state index in [4.69, 9.17) is 11.6 Å². The minimum absolute atomic E-state index is 0.00512. The summed E-state index contributed by atoms with van der Waals surface area (Å²) in [5.41, 5.74) is 2.68. The largest absolute Gasteiger partial charge is 0.368 e. The average molecular weight is 539 g/mol. The molecule has 0 saturated carbocycles. The van der Waals surface area contributed by atoms with Gasteiger partial charge in [0.2, 0.25) is 0 Å². The predicted molar refractivity (Wildman–Crippen MR) is 146 cm³/mol. The Hall–Kier alpha value is -3.37. The summed E-state index contributed by atoms with van der Waals surface area (Å²) in [6.07, 6.45) is 2.33. The highest BCUT2D eigenvalue weighted by Crippen LogP contribution is 2.27. The van der Waals surface area contributed by atoms with Crippen LogP contribution in [-0.4, -0.2) is 65.0 Å². The van der Waals surface area contributed by atoms with Crippen molar-refractivity contribution in [3.05, 3.63) is 81.0 Å². The van der Waals surface area contributed by atoms with Crippen molar-refractivity contribution in [1.82, 2.24) is 14.9 Å². The molecule has 0 atom stereocenters. The summed E-state index contributed by atoms with van der Waals surface area (Å²) < 4.78 is 0. The van der Waals surface area contributed by atoms with Crippen LogP contribution in [-0.2, 0) is 5.75 Å². The molecular formula is C26H27ClN6O3S. The van der Waals surface area contributed by atoms with Crippen LogP contribution in [0.3, 0.4) is 0 Å². The number of piperazine rings is 1. The first-order valence-electron chi connectivity index (χ1n) is 12.3. The number of carbonyl (C=O) groups excluding carboxylic acids is 1. The fraction of sp³-hybridized carbons (Fsp3) is 0.346. The smallest absolute Gasteiger partial charge is 0.269 e. The lowest BCUT2D eigenvalue weighted by atomic mass is 10.1. The quantitative estimate of drug-likeness (QED) is 0.138. The zero-order valence-electron chi connectivity index (χ0n) is 20.3. The Morgan fingerprint density at radius 1 is 0.946 bits per heavy atom. The van der Waals surface area contributed by atoms with Crippen LogP contribution in [0.5, 0.6) is 0 Å². The van der Waals surface area contributed by atoms with Gasteiger partial charge in [-0.1, -0.05) is 35.5 Å². The van der Waals surface area contributed by atoms with Gasteiger partial charge >= 0.3 is 0 Å². The van der Waals surface area contributed by atoms with Crippen LogP contribution < -0.4 is 9.80 Å². The highest BCUT2D eigenvalue weighted by Gasteiger charge is 2.23. The molecule has 0 bridgehead atoms. The summed E-state index contributed by atoms with van der Waals surface area (Å²) in [6.45, 7) is 4.50. The number of rotatable bonds is 7. The van der Waals surface area contributed by atoms with Gasteiger partial charge in [-0.2, -0.15) is 0 Å². The van der Waals surface area contributed by atoms with Gasteiger partial charge in [0, 0.05) is 74.5 Å². The minimum Gasteiger partial charge on any atom is -0.368 e. The molecule has 5 rings (SSSR count). The zero-order valence-corrected chi connectivity index (χ0v) is 21.8. The van der Waals surface area contributed by atoms with Crippen LogP contribution in [0.15, 0.2) is 59.8 Å². The molecule has 0 unspecified atom stereocenters. The number of nitro groups is 1. The van der Waals surface area contributed by atoms with Gasteiger partial charge in [-0.3, -0.25) is 14.9 Å². The number of amides is 1. The van der Waals surface area contributed by atoms with Crippen molar-refractivity contribution < 1.29 is 9.72 Å². The Morgan fingerprint density at radius 3 is 2.38 bits per heavy atom. The second-order valence-electron chi connectivity index (χ2n) is 9.07. The third-order valence-corrected chi connectivity index (χ3v) is 7.74. The Balaban J connectivity index is 1.18. The fourth-order valence-electron chi connectivity index (χ4n) is 4.64. The maximum Gasteiger partial charge on any atom is 0.269 e. The van der Waals surface area contributed by atoms with E-state index >= 15 is 0 Å². The van der Waals surface area contributed by atoms with Gasteiger partial charge in [0.25, 0.3) is 11.6 Å². The first-order chi connectivity index (χ1) is 18.0. The summed E-state index contributed by atoms with van der Waals surface area (Å²) in [5, 5.41) is 12.0. The Kier molecular flexibility index (Phi) is 7.76. The van der Waals surface area contributed by atoms with Crippen LogP contribution in [0.2, 0.25) is 5.15 Å². The summed E-state index contributed by atoms with van der Waals surface area (Å²) in [7, 11) is 0. The zero-order chi connectivity index (χ0) is 25.8. The maximum absolute atomic E-state index is 13.2. The summed E-state index contributed by atoms with van der Waals surface area (Å²) >= 11 is 7.77. The van der Waals surface area contributed by atoms with Crippen molar-refractivity contribution in [3.63, 3.8) is 0 Å². The second-order valence-corrected chi connectivity index (χ2v) is 10.4. The van der Waals surface area contributed by atoms with Gasteiger partial charge in [-0.05, 0) is 42.7 Å². The number of nitrogens with zero attached hydrogens (tertiary/aromatic N) is 6. The molecule has 11 heteroatoms. The van der Waals surface area contributed by atoms with Crippen molar-refractivity contribution in [2.75, 3.05) is 49.1 Å². The van der Waals surface area contributed by atoms with Crippen molar-refractivity contribution in [1.29, 1.82) is 0 Å². The maximum atomic E-state index is 13.2. The topological polar surface area (TPSA) is 95.7 Å². The van der Waals surface area contributed by atoms with E-state index in [1.165, 1.54) is 23.9 Å². The lowest BCUT2D eigenvalue weighted by molar-refractivity contribution is -0.384. The van der Waals surface area contributed by atoms with Gasteiger partial charge in [0.1, 0.15) is 11.0 Å². The van der Waals surface area contributed by atoms with Crippen LogP contribution in [0, 0.1) is 10.1 Å². The number of aromatic nitrogens is 2. The molecule has 3 heterocycles. The predicted octanol–water partition coefficient (Wildman–Crippen LogP) is 4.89. The number of hydrogen-bond acceptors (Lipinski definition) is 8. The SMILES string of the molecule is O=C(c1cccc(CSc2nc(Cl)cc(N3CCCC3)n2)c1)N1CCN(c2ccc([N+](=O)[O-])cc2)CC1. The van der Waals surface area contributed by atoms with Crippen LogP contribution in [0.25, 0.3) is 0 Å². The summed E-state index contributed by atoms with van der Waals surface area (Å²) in [5.74, 6) is 1.51. The van der Waals surface area contributed by atoms with Gasteiger partial charge < -0.3 is 14.7 Å². The van der Waals surface area contributed by atoms with Gasteiger partial charge in [0.05, 0.1) is 4.92 Å². The molecule has 37 heavy (non-hydrogen) atoms. The van der Waals surface area contributed by atoms with Crippen LogP contribution in [0.1, 0.15) is 28.8 Å². The molecule has 2 saturated heterocycles. The van der Waals surface area contributed by atoms with Gasteiger partial charge in [0.15, 0.2) is 5.16 Å². The van der Waals surface area contributed by atoms with E-state index < -0.39 is 4.92 Å². The number of carbonyl (C=O) groups is 1. The van der Waals surface area contributed by atoms with Crippen molar-refractivity contribution >= 4 is 46.5 Å². The first-order valence-corrected chi connectivity index (χ1v) is 13.6. The molecule has 3 aromatic rings. The molecular weight excluding hydrogens is 512 g/mol. The van der Waals surface area contributed by atoms with Crippen molar-refractivity contribution in [2.45, 2.75) is 23.8 Å². The molecule has 2 fully saturated rings. The molecule has 0 N–H and O–H groups in total. The van der Waals surface area contributed by atoms with E-state index in [0.29, 0.717) is 47.8 Å². The fourth-order valence-corrected chi connectivity index (χ4v) is 5.66. The average Bonchev–Trinajstić information content (AvgIpc) is 3.47. The Labute approximate surface area is 224 Å². The van der Waals surface area contributed by atoms with Gasteiger partial charge in [-0.15, -0.1) is 0 Å². The van der Waals surface area contributed by atoms with E-state index in [2.05, 4.69) is 19.8 Å². The molecule has 1 amide bonds. The first kappa shape index (κ1) is 25.3. The molecule has 2 aliphatic rings. The standard InChI is InChI=1S/C26H27ClN6O3S/c27-23-17-24(31-10-1-2-11-31)29-26(28-23)37-18-19-4-3-5-20(16-19)25(34)32-14-12-30(13-15-32)21-6-8-22(9-7-21)33(35)36/h3-9,16-17H,1-2,10-15,18H2. The Bertz CT molecular complexity index is 1280. The van der Waals surface area contributed by atoms with Crippen LogP contribution >= 0.6 is 23.4 Å². The molecule has 1 aromatic heterocycles. The number of benzene rings is 2. The van der Waals surface area contributed by atoms with E-state index in [1.807, 2.05) is 35.2 Å². The minimum atomic E-state index is -0.402. The number of anilines is 2. The van der Waals surface area contributed by atoms with Crippen LogP contribution in [0.4, 0.5) is 17.2 Å². The number of thioether (sulfide) groups is 1. The molecule has 2 aromatic carbocycles. The van der Waals surface area contributed by atoms with E-state index in [1.54, 1.807) is 12.1 Å². The normalized spacial score (nSPS) is 15.8. The number of hydrogen-bond donors (Lipinski definition) is 0. The van der Waals surface area contributed by atoms with Crippen molar-refractivity contribution in [2.24, 2.45) is 0 Å². The van der Waals surface area contributed by atoms with E-state index in [9.17, 15) is 14.9 Å². The lowest BCUT2D eigenvalue weighted by Crippen LogP contribution is -2.48. The molecule has 0 radical (unpaired) electrons. The second kappa shape index (κ2) is 11.4. The molecule has 0 spiro atoms. The molecule has 9 nitrogen and oxygen atoms in total. The summed E-state index contributed by atoms with van der Waals surface area (Å²) in [4.78, 5) is 39.0. The van der Waals surface area contributed by atoms with E-state index in [-0.39, 0.29) is 11.6 Å². The lowest BCUT2D eigenvalue weighted by Gasteiger charge is -2.36. The number of nitro benzene ring substituents is 1. The molecule has 0 aliphatic carbocycles. The van der Waals surface area contributed by atoms with Gasteiger partial charge in [-0.25, -0.2) is 9.97 Å². The van der Waals surface area contributed by atoms with Crippen molar-refractivity contribution in [3.8, 4) is 0 Å². The Morgan fingerprint density at radius 2 is 1.68 bits per heavy atom. The monoisotopic (exact) mass is 538 g/mol. The third-order valence-electron chi connectivity index (χ3n) is 6.63. The molecule has 2 aliphatic heterocycles. The third kappa shape index (κ3) is 6.14. The number of halogens is 1. The molecule has 192 valence electrons. The number of non-ortho nitro benzene ring substituents is 1. The van der Waals surface area contributed by atoms with E-state index in [0.717, 1.165) is 43.0 Å². The highest BCUT2D eigenvalue weighted by atomic mass is 35.5.